The molecule has 16 heavy (non-hydrogen) atoms. The summed E-state index contributed by atoms with van der Waals surface area (Å²) in [5.41, 5.74) is -1.53. The number of Topliss-reactive ketones (excluding diaryl/α,β-unsaturated/α-hetero) is 1. The molecule has 0 rings (SSSR count). The first-order chi connectivity index (χ1) is 7.38. The molecule has 0 bridgehead atoms. The Balaban J connectivity index is 4.93. The lowest BCUT2D eigenvalue weighted by Crippen LogP contribution is -2.41. The maximum atomic E-state index is 11.6. The van der Waals surface area contributed by atoms with Gasteiger partial charge in [-0.15, -0.1) is 0 Å². The van der Waals surface area contributed by atoms with E-state index in [0.717, 1.165) is 0 Å². The van der Waals surface area contributed by atoms with E-state index in [0.29, 0.717) is 0 Å². The number of rotatable bonds is 6. The van der Waals surface area contributed by atoms with Gasteiger partial charge >= 0.3 is 11.9 Å². The van der Waals surface area contributed by atoms with E-state index < -0.39 is 17.4 Å². The summed E-state index contributed by atoms with van der Waals surface area (Å²) in [6.45, 7) is 6.27. The molecule has 0 radical (unpaired) electrons. The quantitative estimate of drug-likeness (QED) is 0.504. The average molecular weight is 230 g/mol. The standard InChI is InChI=1S/C11H18O5/c1-5-15-9(13)11(4,7-8(3)12)10(14)16-6-2/h5-7H2,1-4H3. The van der Waals surface area contributed by atoms with Gasteiger partial charge in [-0.25, -0.2) is 0 Å². The molecular formula is C11H18O5. The third-order valence-electron chi connectivity index (χ3n) is 2.05. The minimum Gasteiger partial charge on any atom is -0.465 e. The van der Waals surface area contributed by atoms with E-state index in [4.69, 9.17) is 9.47 Å². The molecule has 5 nitrogen and oxygen atoms in total. The number of ketones is 1. The van der Waals surface area contributed by atoms with Gasteiger partial charge in [-0.1, -0.05) is 0 Å². The van der Waals surface area contributed by atoms with Crippen molar-refractivity contribution in [1.82, 2.24) is 0 Å². The molecule has 0 aliphatic heterocycles. The fourth-order valence-electron chi connectivity index (χ4n) is 1.31. The Labute approximate surface area is 95.1 Å². The average Bonchev–Trinajstić information content (AvgIpc) is 2.17. The Morgan fingerprint density at radius 2 is 1.38 bits per heavy atom. The minimum atomic E-state index is -1.53. The molecule has 0 spiro atoms. The van der Waals surface area contributed by atoms with Gasteiger partial charge in [0.25, 0.3) is 0 Å². The van der Waals surface area contributed by atoms with Crippen molar-refractivity contribution in [3.05, 3.63) is 0 Å². The number of esters is 2. The lowest BCUT2D eigenvalue weighted by molar-refractivity contribution is -0.172. The molecule has 92 valence electrons. The number of ether oxygens (including phenoxy) is 2. The first-order valence-corrected chi connectivity index (χ1v) is 5.22. The van der Waals surface area contributed by atoms with Gasteiger partial charge in [-0.2, -0.15) is 0 Å². The summed E-state index contributed by atoms with van der Waals surface area (Å²) in [5, 5.41) is 0. The highest BCUT2D eigenvalue weighted by Gasteiger charge is 2.45. The Bertz CT molecular complexity index is 264. The van der Waals surface area contributed by atoms with Crippen LogP contribution >= 0.6 is 0 Å². The van der Waals surface area contributed by atoms with E-state index in [1.54, 1.807) is 13.8 Å². The highest BCUT2D eigenvalue weighted by atomic mass is 16.6. The van der Waals surface area contributed by atoms with Crippen LogP contribution in [-0.2, 0) is 23.9 Å². The predicted molar refractivity (Wildman–Crippen MR) is 56.7 cm³/mol. The number of carbonyl (C=O) groups excluding carboxylic acids is 3. The second-order valence-electron chi connectivity index (χ2n) is 3.65. The van der Waals surface area contributed by atoms with E-state index in [2.05, 4.69) is 0 Å². The SMILES string of the molecule is CCOC(=O)C(C)(CC(C)=O)C(=O)OCC. The zero-order valence-corrected chi connectivity index (χ0v) is 10.2. The van der Waals surface area contributed by atoms with Crippen LogP contribution in [0.15, 0.2) is 0 Å². The topological polar surface area (TPSA) is 69.7 Å². The fraction of sp³-hybridized carbons (Fsp3) is 0.727. The maximum Gasteiger partial charge on any atom is 0.323 e. The summed E-state index contributed by atoms with van der Waals surface area (Å²) in [6.07, 6.45) is -0.204. The van der Waals surface area contributed by atoms with Crippen LogP contribution in [0.1, 0.15) is 34.1 Å². The van der Waals surface area contributed by atoms with Crippen LogP contribution in [0, 0.1) is 5.41 Å². The maximum absolute atomic E-state index is 11.6. The Morgan fingerprint density at radius 3 is 1.62 bits per heavy atom. The van der Waals surface area contributed by atoms with E-state index >= 15 is 0 Å². The van der Waals surface area contributed by atoms with Crippen LogP contribution in [0.5, 0.6) is 0 Å². The Morgan fingerprint density at radius 1 is 1.00 bits per heavy atom. The molecule has 0 aliphatic rings. The summed E-state index contributed by atoms with van der Waals surface area (Å²) >= 11 is 0. The summed E-state index contributed by atoms with van der Waals surface area (Å²) in [4.78, 5) is 34.3. The van der Waals surface area contributed by atoms with Crippen LogP contribution in [-0.4, -0.2) is 30.9 Å². The molecule has 0 aliphatic carbocycles. The van der Waals surface area contributed by atoms with Crippen molar-refractivity contribution in [3.8, 4) is 0 Å². The Kier molecular flexibility index (Phi) is 5.71. The van der Waals surface area contributed by atoms with Crippen LogP contribution in [0.4, 0.5) is 0 Å². The molecule has 0 atom stereocenters. The molecule has 0 heterocycles. The van der Waals surface area contributed by atoms with Crippen LogP contribution < -0.4 is 0 Å². The van der Waals surface area contributed by atoms with E-state index in [-0.39, 0.29) is 25.4 Å². The predicted octanol–water partition coefficient (Wildman–Crippen LogP) is 1.10. The molecule has 0 aromatic heterocycles. The smallest absolute Gasteiger partial charge is 0.323 e. The van der Waals surface area contributed by atoms with Crippen molar-refractivity contribution >= 4 is 17.7 Å². The van der Waals surface area contributed by atoms with Crippen LogP contribution in [0.3, 0.4) is 0 Å². The highest BCUT2D eigenvalue weighted by molar-refractivity contribution is 6.03. The van der Waals surface area contributed by atoms with Crippen molar-refractivity contribution in [2.24, 2.45) is 5.41 Å². The summed E-state index contributed by atoms with van der Waals surface area (Å²) < 4.78 is 9.57. The molecule has 0 N–H and O–H groups in total. The minimum absolute atomic E-state index is 0.158. The molecule has 0 amide bonds. The van der Waals surface area contributed by atoms with Crippen molar-refractivity contribution in [2.75, 3.05) is 13.2 Å². The summed E-state index contributed by atoms with van der Waals surface area (Å²) in [6, 6.07) is 0. The zero-order valence-electron chi connectivity index (χ0n) is 10.2. The molecule has 0 aromatic carbocycles. The molecule has 0 fully saturated rings. The van der Waals surface area contributed by atoms with Gasteiger partial charge in [0, 0.05) is 6.42 Å². The lowest BCUT2D eigenvalue weighted by Gasteiger charge is -2.23. The van der Waals surface area contributed by atoms with E-state index in [9.17, 15) is 14.4 Å². The second-order valence-corrected chi connectivity index (χ2v) is 3.65. The van der Waals surface area contributed by atoms with Gasteiger partial charge in [-0.05, 0) is 27.7 Å². The van der Waals surface area contributed by atoms with Crippen LogP contribution in [0.2, 0.25) is 0 Å². The van der Waals surface area contributed by atoms with E-state index in [1.165, 1.54) is 13.8 Å². The second kappa shape index (κ2) is 6.25. The molecule has 5 heteroatoms. The summed E-state index contributed by atoms with van der Waals surface area (Å²) in [5.74, 6) is -1.70. The largest absolute Gasteiger partial charge is 0.465 e. The van der Waals surface area contributed by atoms with Gasteiger partial charge in [-0.3, -0.25) is 14.4 Å². The number of carbonyl (C=O) groups is 3. The normalized spacial score (nSPS) is 10.8. The number of hydrogen-bond acceptors (Lipinski definition) is 5. The van der Waals surface area contributed by atoms with E-state index in [1.807, 2.05) is 0 Å². The Hall–Kier alpha value is -1.39. The van der Waals surface area contributed by atoms with Gasteiger partial charge < -0.3 is 9.47 Å². The lowest BCUT2D eigenvalue weighted by atomic mass is 9.85. The van der Waals surface area contributed by atoms with Crippen molar-refractivity contribution < 1.29 is 23.9 Å². The van der Waals surface area contributed by atoms with Gasteiger partial charge in [0.2, 0.25) is 0 Å². The summed E-state index contributed by atoms with van der Waals surface area (Å²) in [7, 11) is 0. The zero-order chi connectivity index (χ0) is 12.8. The third kappa shape index (κ3) is 3.64. The first kappa shape index (κ1) is 14.6. The van der Waals surface area contributed by atoms with Gasteiger partial charge in [0.15, 0.2) is 5.41 Å². The van der Waals surface area contributed by atoms with Gasteiger partial charge in [0.05, 0.1) is 13.2 Å². The molecular weight excluding hydrogens is 212 g/mol. The van der Waals surface area contributed by atoms with Gasteiger partial charge in [0.1, 0.15) is 5.78 Å². The highest BCUT2D eigenvalue weighted by Crippen LogP contribution is 2.26. The molecule has 0 saturated carbocycles. The molecule has 0 saturated heterocycles. The first-order valence-electron chi connectivity index (χ1n) is 5.22. The monoisotopic (exact) mass is 230 g/mol. The molecule has 0 unspecified atom stereocenters. The van der Waals surface area contributed by atoms with Crippen molar-refractivity contribution in [3.63, 3.8) is 0 Å². The van der Waals surface area contributed by atoms with Crippen LogP contribution in [0.25, 0.3) is 0 Å². The molecule has 0 aromatic rings. The fourth-order valence-corrected chi connectivity index (χ4v) is 1.31. The van der Waals surface area contributed by atoms with Crippen molar-refractivity contribution in [1.29, 1.82) is 0 Å². The number of hydrogen-bond donors (Lipinski definition) is 0. The van der Waals surface area contributed by atoms with Crippen molar-refractivity contribution in [2.45, 2.75) is 34.1 Å². The third-order valence-corrected chi connectivity index (χ3v) is 2.05.